The normalized spacial score (nSPS) is 11.4. The van der Waals surface area contributed by atoms with Crippen LogP contribution in [0.5, 0.6) is 0 Å². The van der Waals surface area contributed by atoms with Gasteiger partial charge < -0.3 is 11.1 Å². The first kappa shape index (κ1) is 18.7. The number of nitrogen functional groups attached to an aromatic ring is 1. The van der Waals surface area contributed by atoms with Crippen LogP contribution in [0.2, 0.25) is 0 Å². The molecule has 0 bridgehead atoms. The van der Waals surface area contributed by atoms with Gasteiger partial charge in [0.25, 0.3) is 5.91 Å². The van der Waals surface area contributed by atoms with Crippen molar-refractivity contribution >= 4 is 17.4 Å². The summed E-state index contributed by atoms with van der Waals surface area (Å²) >= 11 is 0. The molecule has 0 aliphatic rings. The zero-order chi connectivity index (χ0) is 19.6. The first-order valence-electron chi connectivity index (χ1n) is 9.04. The van der Waals surface area contributed by atoms with Gasteiger partial charge in [-0.05, 0) is 30.2 Å². The van der Waals surface area contributed by atoms with Gasteiger partial charge in [0, 0.05) is 22.7 Å². The van der Waals surface area contributed by atoms with Crippen molar-refractivity contribution in [2.45, 2.75) is 39.7 Å². The summed E-state index contributed by atoms with van der Waals surface area (Å²) in [6.45, 7) is 8.81. The number of nitrogens with zero attached hydrogens (tertiary/aromatic N) is 2. The average Bonchev–Trinajstić information content (AvgIpc) is 3.01. The molecule has 3 rings (SSSR count). The SMILES string of the molecule is Cc1ccc(N)cc1C(=O)Nc1cc(C(C)(C)C)nn1Cc1ccccc1. The van der Waals surface area contributed by atoms with E-state index in [0.29, 0.717) is 23.6 Å². The van der Waals surface area contributed by atoms with Gasteiger partial charge >= 0.3 is 0 Å². The molecule has 0 saturated carbocycles. The van der Waals surface area contributed by atoms with Crippen molar-refractivity contribution in [2.24, 2.45) is 0 Å². The van der Waals surface area contributed by atoms with Gasteiger partial charge in [-0.25, -0.2) is 4.68 Å². The molecule has 0 aliphatic carbocycles. The van der Waals surface area contributed by atoms with E-state index in [9.17, 15) is 4.79 Å². The second-order valence-electron chi connectivity index (χ2n) is 7.84. The number of hydrogen-bond donors (Lipinski definition) is 2. The largest absolute Gasteiger partial charge is 0.399 e. The van der Waals surface area contributed by atoms with E-state index in [2.05, 4.69) is 26.1 Å². The van der Waals surface area contributed by atoms with E-state index in [1.807, 2.05) is 54.1 Å². The molecule has 0 aliphatic heterocycles. The predicted molar refractivity (Wildman–Crippen MR) is 110 cm³/mol. The van der Waals surface area contributed by atoms with Crippen molar-refractivity contribution < 1.29 is 4.79 Å². The molecule has 140 valence electrons. The average molecular weight is 362 g/mol. The first-order valence-corrected chi connectivity index (χ1v) is 9.04. The van der Waals surface area contributed by atoms with E-state index >= 15 is 0 Å². The predicted octanol–water partition coefficient (Wildman–Crippen LogP) is 4.37. The van der Waals surface area contributed by atoms with Crippen LogP contribution in [0.3, 0.4) is 0 Å². The third-order valence-electron chi connectivity index (χ3n) is 4.47. The Hall–Kier alpha value is -3.08. The van der Waals surface area contributed by atoms with E-state index < -0.39 is 0 Å². The van der Waals surface area contributed by atoms with Crippen LogP contribution < -0.4 is 11.1 Å². The third-order valence-corrected chi connectivity index (χ3v) is 4.47. The Morgan fingerprint density at radius 1 is 1.11 bits per heavy atom. The van der Waals surface area contributed by atoms with Gasteiger partial charge in [-0.15, -0.1) is 0 Å². The fraction of sp³-hybridized carbons (Fsp3) is 0.273. The van der Waals surface area contributed by atoms with Gasteiger partial charge in [0.1, 0.15) is 5.82 Å². The molecule has 1 heterocycles. The zero-order valence-electron chi connectivity index (χ0n) is 16.3. The lowest BCUT2D eigenvalue weighted by Crippen LogP contribution is -2.17. The quantitative estimate of drug-likeness (QED) is 0.677. The Balaban J connectivity index is 1.94. The minimum atomic E-state index is -0.186. The molecule has 0 saturated heterocycles. The minimum absolute atomic E-state index is 0.117. The summed E-state index contributed by atoms with van der Waals surface area (Å²) < 4.78 is 1.84. The molecule has 0 radical (unpaired) electrons. The number of rotatable bonds is 4. The maximum absolute atomic E-state index is 12.8. The maximum atomic E-state index is 12.8. The number of carbonyl (C=O) groups excluding carboxylic acids is 1. The summed E-state index contributed by atoms with van der Waals surface area (Å²) in [5.74, 6) is 0.491. The van der Waals surface area contributed by atoms with Crippen LogP contribution in [0, 0.1) is 6.92 Å². The highest BCUT2D eigenvalue weighted by molar-refractivity contribution is 6.05. The number of amides is 1. The number of anilines is 2. The Bertz CT molecular complexity index is 952. The van der Waals surface area contributed by atoms with Crippen LogP contribution in [0.1, 0.15) is 48.0 Å². The van der Waals surface area contributed by atoms with Gasteiger partial charge in [0.05, 0.1) is 12.2 Å². The highest BCUT2D eigenvalue weighted by atomic mass is 16.1. The Labute approximate surface area is 160 Å². The van der Waals surface area contributed by atoms with Crippen LogP contribution in [0.25, 0.3) is 0 Å². The third kappa shape index (κ3) is 4.37. The lowest BCUT2D eigenvalue weighted by atomic mass is 9.92. The molecule has 3 N–H and O–H groups in total. The highest BCUT2D eigenvalue weighted by Crippen LogP contribution is 2.25. The summed E-state index contributed by atoms with van der Waals surface area (Å²) in [4.78, 5) is 12.8. The number of benzene rings is 2. The first-order chi connectivity index (χ1) is 12.7. The zero-order valence-corrected chi connectivity index (χ0v) is 16.3. The van der Waals surface area contributed by atoms with Crippen molar-refractivity contribution in [3.63, 3.8) is 0 Å². The van der Waals surface area contributed by atoms with Gasteiger partial charge in [-0.3, -0.25) is 4.79 Å². The highest BCUT2D eigenvalue weighted by Gasteiger charge is 2.21. The number of aromatic nitrogens is 2. The van der Waals surface area contributed by atoms with Crippen LogP contribution in [-0.4, -0.2) is 15.7 Å². The van der Waals surface area contributed by atoms with Crippen molar-refractivity contribution in [3.8, 4) is 0 Å². The minimum Gasteiger partial charge on any atom is -0.399 e. The lowest BCUT2D eigenvalue weighted by Gasteiger charge is -2.14. The van der Waals surface area contributed by atoms with E-state index in [0.717, 1.165) is 16.8 Å². The van der Waals surface area contributed by atoms with Gasteiger partial charge in [0.15, 0.2) is 0 Å². The Morgan fingerprint density at radius 2 is 1.81 bits per heavy atom. The Morgan fingerprint density at radius 3 is 2.48 bits per heavy atom. The summed E-state index contributed by atoms with van der Waals surface area (Å²) in [5, 5.41) is 7.75. The number of hydrogen-bond acceptors (Lipinski definition) is 3. The lowest BCUT2D eigenvalue weighted by molar-refractivity contribution is 0.102. The molecule has 5 heteroatoms. The van der Waals surface area contributed by atoms with Gasteiger partial charge in [0.2, 0.25) is 0 Å². The van der Waals surface area contributed by atoms with Gasteiger partial charge in [-0.2, -0.15) is 5.10 Å². The Kier molecular flexibility index (Phi) is 5.04. The van der Waals surface area contributed by atoms with Crippen LogP contribution in [0.4, 0.5) is 11.5 Å². The summed E-state index contributed by atoms with van der Waals surface area (Å²) in [7, 11) is 0. The molecule has 5 nitrogen and oxygen atoms in total. The van der Waals surface area contributed by atoms with E-state index in [1.165, 1.54) is 0 Å². The number of carbonyl (C=O) groups is 1. The van der Waals surface area contributed by atoms with Crippen LogP contribution in [-0.2, 0) is 12.0 Å². The molecule has 0 spiro atoms. The van der Waals surface area contributed by atoms with Crippen molar-refractivity contribution in [1.82, 2.24) is 9.78 Å². The summed E-state index contributed by atoms with van der Waals surface area (Å²) in [6.07, 6.45) is 0. The standard InChI is InChI=1S/C22H26N4O/c1-15-10-11-17(23)12-18(15)21(27)24-20-13-19(22(2,3)4)25-26(20)14-16-8-6-5-7-9-16/h5-13H,14,23H2,1-4H3,(H,24,27). The molecule has 1 amide bonds. The molecule has 3 aromatic rings. The number of nitrogens with two attached hydrogens (primary N) is 1. The molecule has 1 aromatic heterocycles. The molecule has 0 unspecified atom stereocenters. The van der Waals surface area contributed by atoms with E-state index in [4.69, 9.17) is 10.8 Å². The van der Waals surface area contributed by atoms with Crippen molar-refractivity contribution in [1.29, 1.82) is 0 Å². The van der Waals surface area contributed by atoms with Crippen LogP contribution >= 0.6 is 0 Å². The molecular formula is C22H26N4O. The second-order valence-corrected chi connectivity index (χ2v) is 7.84. The second kappa shape index (κ2) is 7.27. The topological polar surface area (TPSA) is 72.9 Å². The van der Waals surface area contributed by atoms with Crippen molar-refractivity contribution in [3.05, 3.63) is 77.0 Å². The summed E-state index contributed by atoms with van der Waals surface area (Å²) in [5.41, 5.74) is 9.81. The van der Waals surface area contributed by atoms with E-state index in [-0.39, 0.29) is 11.3 Å². The summed E-state index contributed by atoms with van der Waals surface area (Å²) in [6, 6.07) is 17.4. The van der Waals surface area contributed by atoms with E-state index in [1.54, 1.807) is 12.1 Å². The molecule has 2 aromatic carbocycles. The van der Waals surface area contributed by atoms with Crippen LogP contribution in [0.15, 0.2) is 54.6 Å². The monoisotopic (exact) mass is 362 g/mol. The smallest absolute Gasteiger partial charge is 0.257 e. The molecule has 0 fully saturated rings. The number of nitrogens with one attached hydrogen (secondary N) is 1. The fourth-order valence-corrected chi connectivity index (χ4v) is 2.83. The maximum Gasteiger partial charge on any atom is 0.257 e. The fourth-order valence-electron chi connectivity index (χ4n) is 2.83. The van der Waals surface area contributed by atoms with Crippen molar-refractivity contribution in [2.75, 3.05) is 11.1 Å². The molecule has 0 atom stereocenters. The molecule has 27 heavy (non-hydrogen) atoms. The number of aryl methyl sites for hydroxylation is 1. The molecular weight excluding hydrogens is 336 g/mol. The van der Waals surface area contributed by atoms with Gasteiger partial charge in [-0.1, -0.05) is 57.2 Å².